The number of pyridine rings is 1. The van der Waals surface area contributed by atoms with Gasteiger partial charge in [-0.2, -0.15) is 5.10 Å². The maximum absolute atomic E-state index is 5.44. The van der Waals surface area contributed by atoms with Crippen molar-refractivity contribution in [3.05, 3.63) is 35.8 Å². The van der Waals surface area contributed by atoms with Crippen molar-refractivity contribution in [2.75, 3.05) is 7.11 Å². The van der Waals surface area contributed by atoms with Gasteiger partial charge >= 0.3 is 0 Å². The first kappa shape index (κ1) is 13.2. The summed E-state index contributed by atoms with van der Waals surface area (Å²) >= 11 is 0. The highest BCUT2D eigenvalue weighted by molar-refractivity contribution is 5.96. The molecule has 4 rings (SSSR count). The van der Waals surface area contributed by atoms with Crippen molar-refractivity contribution in [3.63, 3.8) is 0 Å². The lowest BCUT2D eigenvalue weighted by atomic mass is 10.1. The first-order chi connectivity index (χ1) is 10.7. The molecule has 2 heterocycles. The summed E-state index contributed by atoms with van der Waals surface area (Å²) in [7, 11) is 3.64. The van der Waals surface area contributed by atoms with E-state index in [-0.39, 0.29) is 0 Å². The van der Waals surface area contributed by atoms with E-state index in [2.05, 4.69) is 16.1 Å². The molecule has 2 aromatic heterocycles. The molecule has 0 saturated heterocycles. The van der Waals surface area contributed by atoms with Gasteiger partial charge < -0.3 is 4.74 Å². The monoisotopic (exact) mass is 294 g/mol. The Morgan fingerprint density at radius 1 is 1.14 bits per heavy atom. The maximum atomic E-state index is 5.44. The molecule has 5 nitrogen and oxygen atoms in total. The molecule has 0 spiro atoms. The molecule has 0 amide bonds. The second kappa shape index (κ2) is 4.80. The Balaban J connectivity index is 1.93. The zero-order chi connectivity index (χ0) is 15.3. The highest BCUT2D eigenvalue weighted by Gasteiger charge is 2.29. The molecule has 0 unspecified atom stereocenters. The number of aryl methyl sites for hydroxylation is 2. The Morgan fingerprint density at radius 2 is 1.95 bits per heavy atom. The minimum Gasteiger partial charge on any atom is -0.494 e. The molecule has 3 aromatic rings. The van der Waals surface area contributed by atoms with E-state index in [1.807, 2.05) is 36.9 Å². The fourth-order valence-electron chi connectivity index (χ4n) is 2.86. The van der Waals surface area contributed by atoms with Crippen LogP contribution in [0.4, 0.5) is 0 Å². The van der Waals surface area contributed by atoms with E-state index in [9.17, 15) is 0 Å². The molecule has 1 fully saturated rings. The number of rotatable bonds is 3. The summed E-state index contributed by atoms with van der Waals surface area (Å²) in [4.78, 5) is 9.38. The van der Waals surface area contributed by atoms with Crippen molar-refractivity contribution in [1.29, 1.82) is 0 Å². The second-order valence-electron chi connectivity index (χ2n) is 5.86. The van der Waals surface area contributed by atoms with Crippen molar-refractivity contribution in [2.24, 2.45) is 7.05 Å². The van der Waals surface area contributed by atoms with Crippen LogP contribution in [-0.4, -0.2) is 26.9 Å². The first-order valence-corrected chi connectivity index (χ1v) is 7.53. The molecule has 1 aliphatic rings. The third-order valence-electron chi connectivity index (χ3n) is 4.16. The summed E-state index contributed by atoms with van der Waals surface area (Å²) in [6.45, 7) is 1.98. The standard InChI is InChI=1S/C17H18N4O/c1-10-4-7-12-13(8-9-14(22-3)15(12)18-10)16-19-17(11-5-6-11)21(2)20-16/h4,7-9,11H,5-6H2,1-3H3. The number of hydrogen-bond acceptors (Lipinski definition) is 4. The van der Waals surface area contributed by atoms with Gasteiger partial charge in [-0.3, -0.25) is 4.68 Å². The molecule has 1 aliphatic carbocycles. The van der Waals surface area contributed by atoms with E-state index in [0.717, 1.165) is 39.6 Å². The van der Waals surface area contributed by atoms with Crippen molar-refractivity contribution in [3.8, 4) is 17.1 Å². The molecule has 1 saturated carbocycles. The third kappa shape index (κ3) is 2.04. The van der Waals surface area contributed by atoms with E-state index in [0.29, 0.717) is 5.92 Å². The molecule has 0 bridgehead atoms. The van der Waals surface area contributed by atoms with E-state index in [1.54, 1.807) is 7.11 Å². The minimum absolute atomic E-state index is 0.580. The number of benzene rings is 1. The number of hydrogen-bond donors (Lipinski definition) is 0. The summed E-state index contributed by atoms with van der Waals surface area (Å²) in [5, 5.41) is 5.63. The van der Waals surface area contributed by atoms with Gasteiger partial charge in [0.1, 0.15) is 17.1 Å². The van der Waals surface area contributed by atoms with Crippen LogP contribution in [0.3, 0.4) is 0 Å². The Hall–Kier alpha value is -2.43. The summed E-state index contributed by atoms with van der Waals surface area (Å²) in [5.41, 5.74) is 2.84. The third-order valence-corrected chi connectivity index (χ3v) is 4.16. The fourth-order valence-corrected chi connectivity index (χ4v) is 2.86. The summed E-state index contributed by atoms with van der Waals surface area (Å²) in [6.07, 6.45) is 2.44. The smallest absolute Gasteiger partial charge is 0.182 e. The van der Waals surface area contributed by atoms with Gasteiger partial charge in [-0.05, 0) is 38.0 Å². The Bertz CT molecular complexity index is 864. The molecular weight excluding hydrogens is 276 g/mol. The van der Waals surface area contributed by atoms with Gasteiger partial charge in [-0.1, -0.05) is 6.07 Å². The van der Waals surface area contributed by atoms with Crippen molar-refractivity contribution >= 4 is 10.9 Å². The molecule has 112 valence electrons. The van der Waals surface area contributed by atoms with Gasteiger partial charge in [-0.25, -0.2) is 9.97 Å². The summed E-state index contributed by atoms with van der Waals surface area (Å²) in [5.74, 6) is 3.21. The molecule has 0 atom stereocenters. The predicted molar refractivity (Wildman–Crippen MR) is 85.0 cm³/mol. The van der Waals surface area contributed by atoms with Crippen LogP contribution in [0.25, 0.3) is 22.3 Å². The molecule has 0 radical (unpaired) electrons. The Labute approximate surface area is 129 Å². The predicted octanol–water partition coefficient (Wildman–Crippen LogP) is 3.22. The highest BCUT2D eigenvalue weighted by atomic mass is 16.5. The largest absolute Gasteiger partial charge is 0.494 e. The molecule has 5 heteroatoms. The number of aromatic nitrogens is 4. The van der Waals surface area contributed by atoms with Crippen LogP contribution in [0.2, 0.25) is 0 Å². The topological polar surface area (TPSA) is 52.8 Å². The lowest BCUT2D eigenvalue weighted by Crippen LogP contribution is -1.96. The molecule has 0 aliphatic heterocycles. The van der Waals surface area contributed by atoms with Gasteiger partial charge in [0.2, 0.25) is 0 Å². The zero-order valence-corrected chi connectivity index (χ0v) is 13.0. The van der Waals surface area contributed by atoms with Crippen molar-refractivity contribution in [1.82, 2.24) is 19.7 Å². The average Bonchev–Trinajstić information content (AvgIpc) is 3.28. The summed E-state index contributed by atoms with van der Waals surface area (Å²) < 4.78 is 7.35. The average molecular weight is 294 g/mol. The summed E-state index contributed by atoms with van der Waals surface area (Å²) in [6, 6.07) is 8.04. The minimum atomic E-state index is 0.580. The lowest BCUT2D eigenvalue weighted by molar-refractivity contribution is 0.419. The van der Waals surface area contributed by atoms with Crippen LogP contribution in [0.1, 0.15) is 30.3 Å². The second-order valence-corrected chi connectivity index (χ2v) is 5.86. The molecule has 1 aromatic carbocycles. The molecule has 22 heavy (non-hydrogen) atoms. The number of ether oxygens (including phenoxy) is 1. The highest BCUT2D eigenvalue weighted by Crippen LogP contribution is 2.40. The van der Waals surface area contributed by atoms with Crippen molar-refractivity contribution in [2.45, 2.75) is 25.7 Å². The van der Waals surface area contributed by atoms with Crippen LogP contribution in [0.5, 0.6) is 5.75 Å². The van der Waals surface area contributed by atoms with Gasteiger partial charge in [0, 0.05) is 29.6 Å². The van der Waals surface area contributed by atoms with Gasteiger partial charge in [0.15, 0.2) is 5.82 Å². The van der Waals surface area contributed by atoms with E-state index < -0.39 is 0 Å². The zero-order valence-electron chi connectivity index (χ0n) is 13.0. The van der Waals surface area contributed by atoms with Crippen LogP contribution < -0.4 is 4.74 Å². The van der Waals surface area contributed by atoms with E-state index in [4.69, 9.17) is 9.72 Å². The Morgan fingerprint density at radius 3 is 2.68 bits per heavy atom. The van der Waals surface area contributed by atoms with E-state index >= 15 is 0 Å². The number of methoxy groups -OCH3 is 1. The Kier molecular flexibility index (Phi) is 2.89. The number of nitrogens with zero attached hydrogens (tertiary/aromatic N) is 4. The maximum Gasteiger partial charge on any atom is 0.182 e. The molecule has 0 N–H and O–H groups in total. The van der Waals surface area contributed by atoms with Crippen LogP contribution in [0, 0.1) is 6.92 Å². The lowest BCUT2D eigenvalue weighted by Gasteiger charge is -2.08. The van der Waals surface area contributed by atoms with Crippen LogP contribution in [-0.2, 0) is 7.05 Å². The normalized spacial score (nSPS) is 14.5. The van der Waals surface area contributed by atoms with Crippen LogP contribution >= 0.6 is 0 Å². The van der Waals surface area contributed by atoms with E-state index in [1.165, 1.54) is 12.8 Å². The van der Waals surface area contributed by atoms with Gasteiger partial charge in [0.25, 0.3) is 0 Å². The van der Waals surface area contributed by atoms with Gasteiger partial charge in [-0.15, -0.1) is 0 Å². The number of fused-ring (bicyclic) bond motifs is 1. The van der Waals surface area contributed by atoms with Gasteiger partial charge in [0.05, 0.1) is 7.11 Å². The van der Waals surface area contributed by atoms with Crippen molar-refractivity contribution < 1.29 is 4.74 Å². The van der Waals surface area contributed by atoms with Crippen LogP contribution in [0.15, 0.2) is 24.3 Å². The SMILES string of the molecule is COc1ccc(-c2nc(C3CC3)n(C)n2)c2ccc(C)nc12. The molecular formula is C17H18N4O. The quantitative estimate of drug-likeness (QED) is 0.744. The fraction of sp³-hybridized carbons (Fsp3) is 0.353. The first-order valence-electron chi connectivity index (χ1n) is 7.53.